The SMILES string of the molecule is Nc1ccc(OCCC(=O)OCC[n+]2ccccc2)cc1.[Cl-]. The third-order valence-electron chi connectivity index (χ3n) is 2.84. The normalized spacial score (nSPS) is 9.64. The summed E-state index contributed by atoms with van der Waals surface area (Å²) in [5.74, 6) is 0.429. The van der Waals surface area contributed by atoms with E-state index >= 15 is 0 Å². The molecule has 0 aliphatic carbocycles. The van der Waals surface area contributed by atoms with Crippen LogP contribution in [0.25, 0.3) is 0 Å². The number of anilines is 1. The lowest BCUT2D eigenvalue weighted by Gasteiger charge is -2.06. The lowest BCUT2D eigenvalue weighted by molar-refractivity contribution is -0.697. The first kappa shape index (κ1) is 17.8. The molecular weight excluding hydrogens is 304 g/mol. The molecule has 1 aromatic heterocycles. The molecule has 1 heterocycles. The van der Waals surface area contributed by atoms with E-state index in [9.17, 15) is 4.79 Å². The van der Waals surface area contributed by atoms with Crippen molar-refractivity contribution in [2.45, 2.75) is 13.0 Å². The van der Waals surface area contributed by atoms with Gasteiger partial charge >= 0.3 is 5.97 Å². The molecule has 0 spiro atoms. The molecule has 1 aromatic carbocycles. The van der Waals surface area contributed by atoms with Crippen molar-refractivity contribution in [2.24, 2.45) is 0 Å². The van der Waals surface area contributed by atoms with Gasteiger partial charge < -0.3 is 27.6 Å². The molecule has 2 rings (SSSR count). The van der Waals surface area contributed by atoms with E-state index in [1.807, 2.05) is 35.2 Å². The van der Waals surface area contributed by atoms with Crippen LogP contribution >= 0.6 is 0 Å². The van der Waals surface area contributed by atoms with Crippen molar-refractivity contribution in [3.8, 4) is 5.75 Å². The number of rotatable bonds is 7. The number of nitrogens with zero attached hydrogens (tertiary/aromatic N) is 1. The van der Waals surface area contributed by atoms with Crippen molar-refractivity contribution in [2.75, 3.05) is 18.9 Å². The molecule has 0 saturated carbocycles. The van der Waals surface area contributed by atoms with Crippen LogP contribution in [0.15, 0.2) is 54.9 Å². The van der Waals surface area contributed by atoms with Crippen molar-refractivity contribution in [1.82, 2.24) is 0 Å². The van der Waals surface area contributed by atoms with E-state index in [0.717, 1.165) is 0 Å². The number of halogens is 1. The molecule has 0 radical (unpaired) electrons. The third-order valence-corrected chi connectivity index (χ3v) is 2.84. The van der Waals surface area contributed by atoms with Gasteiger partial charge in [-0.05, 0) is 24.3 Å². The van der Waals surface area contributed by atoms with E-state index in [1.54, 1.807) is 24.3 Å². The molecule has 0 aliphatic rings. The summed E-state index contributed by atoms with van der Waals surface area (Å²) in [7, 11) is 0. The number of hydrogen-bond acceptors (Lipinski definition) is 4. The average molecular weight is 323 g/mol. The summed E-state index contributed by atoms with van der Waals surface area (Å²) in [6.07, 6.45) is 4.08. The van der Waals surface area contributed by atoms with Crippen molar-refractivity contribution in [3.63, 3.8) is 0 Å². The summed E-state index contributed by atoms with van der Waals surface area (Å²) in [5.41, 5.74) is 6.26. The van der Waals surface area contributed by atoms with Gasteiger partial charge in [-0.2, -0.15) is 0 Å². The number of pyridine rings is 1. The largest absolute Gasteiger partial charge is 1.00 e. The summed E-state index contributed by atoms with van der Waals surface area (Å²) in [6, 6.07) is 12.9. The van der Waals surface area contributed by atoms with Gasteiger partial charge in [-0.3, -0.25) is 4.79 Å². The highest BCUT2D eigenvalue weighted by Gasteiger charge is 2.05. The Morgan fingerprint density at radius 1 is 1.05 bits per heavy atom. The van der Waals surface area contributed by atoms with Crippen LogP contribution in [0.4, 0.5) is 5.69 Å². The second kappa shape index (κ2) is 9.63. The Morgan fingerprint density at radius 2 is 1.73 bits per heavy atom. The van der Waals surface area contributed by atoms with E-state index in [4.69, 9.17) is 15.2 Å². The Morgan fingerprint density at radius 3 is 2.41 bits per heavy atom. The van der Waals surface area contributed by atoms with Gasteiger partial charge in [0, 0.05) is 17.8 Å². The molecule has 5 nitrogen and oxygen atoms in total. The zero-order chi connectivity index (χ0) is 14.9. The summed E-state index contributed by atoms with van der Waals surface area (Å²) >= 11 is 0. The Hall–Kier alpha value is -2.27. The molecule has 0 fully saturated rings. The second-order valence-electron chi connectivity index (χ2n) is 4.50. The highest BCUT2D eigenvalue weighted by atomic mass is 35.5. The number of ether oxygens (including phenoxy) is 2. The zero-order valence-corrected chi connectivity index (χ0v) is 12.9. The number of benzene rings is 1. The minimum Gasteiger partial charge on any atom is -1.00 e. The molecule has 0 bridgehead atoms. The Bertz CT molecular complexity index is 561. The van der Waals surface area contributed by atoms with Crippen LogP contribution in [0.3, 0.4) is 0 Å². The number of aromatic nitrogens is 1. The molecule has 0 amide bonds. The molecule has 0 unspecified atom stereocenters. The minimum atomic E-state index is -0.262. The quantitative estimate of drug-likeness (QED) is 0.386. The van der Waals surface area contributed by atoms with E-state index < -0.39 is 0 Å². The van der Waals surface area contributed by atoms with Gasteiger partial charge in [-0.25, -0.2) is 4.57 Å². The minimum absolute atomic E-state index is 0. The van der Waals surface area contributed by atoms with Gasteiger partial charge in [0.2, 0.25) is 0 Å². The van der Waals surface area contributed by atoms with Gasteiger partial charge in [-0.1, -0.05) is 6.07 Å². The summed E-state index contributed by atoms with van der Waals surface area (Å²) in [4.78, 5) is 11.5. The van der Waals surface area contributed by atoms with Gasteiger partial charge in [0.25, 0.3) is 0 Å². The Balaban J connectivity index is 0.00000242. The Labute approximate surface area is 136 Å². The molecule has 2 aromatic rings. The predicted octanol–water partition coefficient (Wildman–Crippen LogP) is -1.43. The van der Waals surface area contributed by atoms with Crippen molar-refractivity contribution in [3.05, 3.63) is 54.9 Å². The van der Waals surface area contributed by atoms with Gasteiger partial charge in [0.1, 0.15) is 5.75 Å². The lowest BCUT2D eigenvalue weighted by Crippen LogP contribution is -3.00. The number of carbonyl (C=O) groups excluding carboxylic acids is 1. The van der Waals surface area contributed by atoms with Crippen molar-refractivity contribution < 1.29 is 31.2 Å². The molecule has 0 saturated heterocycles. The number of carbonyl (C=O) groups is 1. The van der Waals surface area contributed by atoms with Gasteiger partial charge in [0.05, 0.1) is 13.0 Å². The number of esters is 1. The fourth-order valence-corrected chi connectivity index (χ4v) is 1.74. The van der Waals surface area contributed by atoms with E-state index in [1.165, 1.54) is 0 Å². The first-order valence-electron chi connectivity index (χ1n) is 6.82. The first-order chi connectivity index (χ1) is 10.2. The van der Waals surface area contributed by atoms with Crippen LogP contribution < -0.4 is 27.4 Å². The van der Waals surface area contributed by atoms with E-state index in [2.05, 4.69) is 0 Å². The number of nitrogens with two attached hydrogens (primary N) is 1. The smallest absolute Gasteiger partial charge is 0.309 e. The second-order valence-corrected chi connectivity index (χ2v) is 4.50. The molecule has 22 heavy (non-hydrogen) atoms. The van der Waals surface area contributed by atoms with Crippen LogP contribution in [0.5, 0.6) is 5.75 Å². The molecule has 0 atom stereocenters. The Kier molecular flexibility index (Phi) is 7.78. The highest BCUT2D eigenvalue weighted by Crippen LogP contribution is 2.13. The van der Waals surface area contributed by atoms with E-state index in [-0.39, 0.29) is 24.8 Å². The maximum atomic E-state index is 11.5. The highest BCUT2D eigenvalue weighted by molar-refractivity contribution is 5.69. The molecule has 0 aliphatic heterocycles. The van der Waals surface area contributed by atoms with Crippen LogP contribution in [0.2, 0.25) is 0 Å². The maximum Gasteiger partial charge on any atom is 0.309 e. The zero-order valence-electron chi connectivity index (χ0n) is 12.2. The van der Waals surface area contributed by atoms with Gasteiger partial charge in [0.15, 0.2) is 25.5 Å². The molecular formula is C16H19ClN2O3. The predicted molar refractivity (Wildman–Crippen MR) is 78.6 cm³/mol. The monoisotopic (exact) mass is 322 g/mol. The lowest BCUT2D eigenvalue weighted by atomic mass is 10.3. The van der Waals surface area contributed by atoms with Crippen LogP contribution in [-0.2, 0) is 16.1 Å². The first-order valence-corrected chi connectivity index (χ1v) is 6.82. The molecule has 2 N–H and O–H groups in total. The summed E-state index contributed by atoms with van der Waals surface area (Å²) < 4.78 is 12.5. The van der Waals surface area contributed by atoms with Crippen LogP contribution in [0.1, 0.15) is 6.42 Å². The fraction of sp³-hybridized carbons (Fsp3) is 0.250. The average Bonchev–Trinajstić information content (AvgIpc) is 2.50. The van der Waals surface area contributed by atoms with E-state index in [0.29, 0.717) is 31.2 Å². The van der Waals surface area contributed by atoms with Crippen molar-refractivity contribution >= 4 is 11.7 Å². The third kappa shape index (κ3) is 6.45. The number of hydrogen-bond donors (Lipinski definition) is 1. The summed E-state index contributed by atoms with van der Waals surface area (Å²) in [5, 5.41) is 0. The topological polar surface area (TPSA) is 65.4 Å². The molecule has 6 heteroatoms. The van der Waals surface area contributed by atoms with Gasteiger partial charge in [-0.15, -0.1) is 0 Å². The van der Waals surface area contributed by atoms with Crippen molar-refractivity contribution in [1.29, 1.82) is 0 Å². The standard InChI is InChI=1S/C16H19N2O3.ClH/c17-14-4-6-15(7-5-14)20-12-8-16(19)21-13-11-18-9-2-1-3-10-18;/h1-7,9-10H,8,11-13,17H2;1H/q+1;/p-1. The molecule has 118 valence electrons. The van der Waals surface area contributed by atoms with Crippen LogP contribution in [0, 0.1) is 0 Å². The number of nitrogen functional groups attached to an aromatic ring is 1. The van der Waals surface area contributed by atoms with Crippen LogP contribution in [-0.4, -0.2) is 19.2 Å². The fourth-order valence-electron chi connectivity index (χ4n) is 1.74. The summed E-state index contributed by atoms with van der Waals surface area (Å²) in [6.45, 7) is 1.29. The maximum absolute atomic E-state index is 11.5.